The Labute approximate surface area is 134 Å². The summed E-state index contributed by atoms with van der Waals surface area (Å²) in [5.74, 6) is 1.23. The standard InChI is InChI=1S/C17H19N3O3/c1-12-16(19-9-10-22-12)17(21)20-13-3-2-4-15(11-13)23-14-5-7-18-8-6-14/h2-8,11-12,16,19H,9-10H2,1H3,(H,20,21)/t12-,16+/m1/s1. The Hall–Kier alpha value is -2.44. The number of carbonyl (C=O) groups is 1. The van der Waals surface area contributed by atoms with E-state index in [9.17, 15) is 4.79 Å². The van der Waals surface area contributed by atoms with Gasteiger partial charge in [-0.15, -0.1) is 0 Å². The van der Waals surface area contributed by atoms with Crippen LogP contribution in [0.15, 0.2) is 48.8 Å². The highest BCUT2D eigenvalue weighted by molar-refractivity contribution is 5.95. The Bertz CT molecular complexity index is 663. The first-order valence-electron chi connectivity index (χ1n) is 7.56. The molecular formula is C17H19N3O3. The largest absolute Gasteiger partial charge is 0.457 e. The number of aromatic nitrogens is 1. The monoisotopic (exact) mass is 313 g/mol. The number of pyridine rings is 1. The molecule has 1 saturated heterocycles. The number of hydrogen-bond donors (Lipinski definition) is 2. The lowest BCUT2D eigenvalue weighted by molar-refractivity contribution is -0.123. The smallest absolute Gasteiger partial charge is 0.244 e. The van der Waals surface area contributed by atoms with Crippen molar-refractivity contribution in [2.24, 2.45) is 0 Å². The van der Waals surface area contributed by atoms with Crippen molar-refractivity contribution in [3.8, 4) is 11.5 Å². The number of anilines is 1. The van der Waals surface area contributed by atoms with Crippen molar-refractivity contribution in [3.63, 3.8) is 0 Å². The maximum atomic E-state index is 12.3. The van der Waals surface area contributed by atoms with E-state index in [0.717, 1.165) is 0 Å². The molecule has 0 radical (unpaired) electrons. The third-order valence-electron chi connectivity index (χ3n) is 3.59. The molecule has 3 rings (SSSR count). The van der Waals surface area contributed by atoms with E-state index in [2.05, 4.69) is 15.6 Å². The van der Waals surface area contributed by atoms with Gasteiger partial charge in [-0.1, -0.05) is 6.07 Å². The minimum absolute atomic E-state index is 0.113. The molecule has 1 aromatic heterocycles. The van der Waals surface area contributed by atoms with E-state index < -0.39 is 0 Å². The van der Waals surface area contributed by atoms with Gasteiger partial charge in [0.2, 0.25) is 5.91 Å². The number of benzene rings is 1. The molecule has 0 aliphatic carbocycles. The molecule has 0 unspecified atom stereocenters. The lowest BCUT2D eigenvalue weighted by atomic mass is 10.1. The quantitative estimate of drug-likeness (QED) is 0.905. The van der Waals surface area contributed by atoms with Crippen LogP contribution in [-0.4, -0.2) is 36.2 Å². The van der Waals surface area contributed by atoms with Gasteiger partial charge in [0.25, 0.3) is 0 Å². The summed E-state index contributed by atoms with van der Waals surface area (Å²) in [5.41, 5.74) is 0.682. The molecule has 2 aromatic rings. The third kappa shape index (κ3) is 4.06. The molecule has 2 atom stereocenters. The molecular weight excluding hydrogens is 294 g/mol. The van der Waals surface area contributed by atoms with Crippen molar-refractivity contribution in [1.82, 2.24) is 10.3 Å². The Morgan fingerprint density at radius 2 is 2.13 bits per heavy atom. The van der Waals surface area contributed by atoms with Gasteiger partial charge in [0.1, 0.15) is 17.5 Å². The van der Waals surface area contributed by atoms with Crippen molar-refractivity contribution in [2.45, 2.75) is 19.1 Å². The van der Waals surface area contributed by atoms with Crippen LogP contribution >= 0.6 is 0 Å². The average molecular weight is 313 g/mol. The first-order valence-corrected chi connectivity index (χ1v) is 7.56. The Morgan fingerprint density at radius 3 is 2.91 bits per heavy atom. The van der Waals surface area contributed by atoms with Gasteiger partial charge in [0.15, 0.2) is 0 Å². The molecule has 0 bridgehead atoms. The van der Waals surface area contributed by atoms with Crippen LogP contribution in [0.5, 0.6) is 11.5 Å². The molecule has 6 heteroatoms. The third-order valence-corrected chi connectivity index (χ3v) is 3.59. The summed E-state index contributed by atoms with van der Waals surface area (Å²) in [6.07, 6.45) is 3.17. The van der Waals surface area contributed by atoms with Gasteiger partial charge < -0.3 is 20.1 Å². The first-order chi connectivity index (χ1) is 11.2. The second-order valence-corrected chi connectivity index (χ2v) is 5.31. The zero-order valence-electron chi connectivity index (χ0n) is 12.9. The number of morpholine rings is 1. The molecule has 23 heavy (non-hydrogen) atoms. The first kappa shape index (κ1) is 15.5. The SMILES string of the molecule is C[C@H]1OCCN[C@@H]1C(=O)Nc1cccc(Oc2ccncc2)c1. The van der Waals surface area contributed by atoms with E-state index in [1.54, 1.807) is 30.6 Å². The van der Waals surface area contributed by atoms with E-state index in [1.807, 2.05) is 25.1 Å². The molecule has 1 amide bonds. The van der Waals surface area contributed by atoms with E-state index in [-0.39, 0.29) is 18.1 Å². The van der Waals surface area contributed by atoms with E-state index in [1.165, 1.54) is 0 Å². The lowest BCUT2D eigenvalue weighted by Gasteiger charge is -2.29. The highest BCUT2D eigenvalue weighted by atomic mass is 16.5. The summed E-state index contributed by atoms with van der Waals surface area (Å²) in [7, 11) is 0. The summed E-state index contributed by atoms with van der Waals surface area (Å²) in [6, 6.07) is 10.5. The number of nitrogens with zero attached hydrogens (tertiary/aromatic N) is 1. The summed E-state index contributed by atoms with van der Waals surface area (Å²) >= 11 is 0. The number of hydrogen-bond acceptors (Lipinski definition) is 5. The van der Waals surface area contributed by atoms with Crippen LogP contribution in [-0.2, 0) is 9.53 Å². The summed E-state index contributed by atoms with van der Waals surface area (Å²) in [6.45, 7) is 3.19. The van der Waals surface area contributed by atoms with Crippen molar-refractivity contribution < 1.29 is 14.3 Å². The fourth-order valence-electron chi connectivity index (χ4n) is 2.43. The number of rotatable bonds is 4. The molecule has 6 nitrogen and oxygen atoms in total. The van der Waals surface area contributed by atoms with Crippen LogP contribution in [0.4, 0.5) is 5.69 Å². The lowest BCUT2D eigenvalue weighted by Crippen LogP contribution is -2.53. The minimum atomic E-state index is -0.353. The topological polar surface area (TPSA) is 72.5 Å². The zero-order valence-corrected chi connectivity index (χ0v) is 12.9. The van der Waals surface area contributed by atoms with Gasteiger partial charge in [0.05, 0.1) is 12.7 Å². The van der Waals surface area contributed by atoms with Crippen LogP contribution in [0.2, 0.25) is 0 Å². The van der Waals surface area contributed by atoms with E-state index in [4.69, 9.17) is 9.47 Å². The van der Waals surface area contributed by atoms with Gasteiger partial charge >= 0.3 is 0 Å². The maximum absolute atomic E-state index is 12.3. The molecule has 2 N–H and O–H groups in total. The van der Waals surface area contributed by atoms with Crippen LogP contribution in [0.25, 0.3) is 0 Å². The van der Waals surface area contributed by atoms with Gasteiger partial charge in [-0.25, -0.2) is 0 Å². The fourth-order valence-corrected chi connectivity index (χ4v) is 2.43. The molecule has 1 aliphatic rings. The predicted molar refractivity (Wildman–Crippen MR) is 86.6 cm³/mol. The van der Waals surface area contributed by atoms with Gasteiger partial charge in [-0.2, -0.15) is 0 Å². The molecule has 2 heterocycles. The zero-order chi connectivity index (χ0) is 16.1. The molecule has 0 saturated carbocycles. The summed E-state index contributed by atoms with van der Waals surface area (Å²) in [5, 5.41) is 6.06. The predicted octanol–water partition coefficient (Wildman–Crippen LogP) is 2.19. The summed E-state index contributed by atoms with van der Waals surface area (Å²) < 4.78 is 11.2. The summed E-state index contributed by atoms with van der Waals surface area (Å²) in [4.78, 5) is 16.3. The fraction of sp³-hybridized carbons (Fsp3) is 0.294. The second kappa shape index (κ2) is 7.21. The van der Waals surface area contributed by atoms with Crippen LogP contribution in [0, 0.1) is 0 Å². The van der Waals surface area contributed by atoms with Crippen molar-refractivity contribution >= 4 is 11.6 Å². The molecule has 120 valence electrons. The maximum Gasteiger partial charge on any atom is 0.244 e. The van der Waals surface area contributed by atoms with Crippen molar-refractivity contribution in [3.05, 3.63) is 48.8 Å². The Balaban J connectivity index is 1.66. The molecule has 1 fully saturated rings. The van der Waals surface area contributed by atoms with Gasteiger partial charge in [-0.3, -0.25) is 9.78 Å². The highest BCUT2D eigenvalue weighted by Gasteiger charge is 2.28. The molecule has 0 spiro atoms. The Morgan fingerprint density at radius 1 is 1.30 bits per heavy atom. The van der Waals surface area contributed by atoms with Gasteiger partial charge in [0, 0.05) is 30.7 Å². The van der Waals surface area contributed by atoms with Gasteiger partial charge in [-0.05, 0) is 31.2 Å². The van der Waals surface area contributed by atoms with Crippen LogP contribution < -0.4 is 15.4 Å². The Kier molecular flexibility index (Phi) is 4.85. The number of amides is 1. The average Bonchev–Trinajstić information content (AvgIpc) is 2.56. The number of carbonyl (C=O) groups excluding carboxylic acids is 1. The van der Waals surface area contributed by atoms with Crippen LogP contribution in [0.1, 0.15) is 6.92 Å². The normalized spacial score (nSPS) is 20.7. The van der Waals surface area contributed by atoms with E-state index in [0.29, 0.717) is 30.3 Å². The second-order valence-electron chi connectivity index (χ2n) is 5.31. The highest BCUT2D eigenvalue weighted by Crippen LogP contribution is 2.23. The molecule has 1 aliphatic heterocycles. The van der Waals surface area contributed by atoms with Crippen molar-refractivity contribution in [1.29, 1.82) is 0 Å². The number of ether oxygens (including phenoxy) is 2. The van der Waals surface area contributed by atoms with Crippen LogP contribution in [0.3, 0.4) is 0 Å². The molecule has 1 aromatic carbocycles. The van der Waals surface area contributed by atoms with Crippen molar-refractivity contribution in [2.75, 3.05) is 18.5 Å². The number of nitrogens with one attached hydrogen (secondary N) is 2. The van der Waals surface area contributed by atoms with E-state index >= 15 is 0 Å². The minimum Gasteiger partial charge on any atom is -0.457 e.